The van der Waals surface area contributed by atoms with E-state index in [9.17, 15) is 0 Å². The number of benzene rings is 9. The molecule has 13 rings (SSSR count). The van der Waals surface area contributed by atoms with Gasteiger partial charge in [0.15, 0.2) is 0 Å². The highest BCUT2D eigenvalue weighted by Crippen LogP contribution is 2.64. The van der Waals surface area contributed by atoms with Crippen LogP contribution in [0.3, 0.4) is 0 Å². The van der Waals surface area contributed by atoms with E-state index in [1.165, 1.54) is 55.3 Å². The van der Waals surface area contributed by atoms with Gasteiger partial charge in [0.25, 0.3) is 0 Å². The molecule has 60 heavy (non-hydrogen) atoms. The van der Waals surface area contributed by atoms with Crippen LogP contribution in [-0.4, -0.2) is 14.5 Å². The second-order valence-electron chi connectivity index (χ2n) is 16.0. The molecule has 0 amide bonds. The quantitative estimate of drug-likeness (QED) is 0.167. The Morgan fingerprint density at radius 3 is 1.62 bits per heavy atom. The van der Waals surface area contributed by atoms with Crippen LogP contribution >= 0.6 is 0 Å². The maximum absolute atomic E-state index is 5.41. The number of hydrogen-bond donors (Lipinski definition) is 0. The number of aromatic nitrogens is 3. The number of nitrogens with zero attached hydrogens (tertiary/aromatic N) is 3. The molecule has 0 fully saturated rings. The molecule has 0 bridgehead atoms. The summed E-state index contributed by atoms with van der Waals surface area (Å²) in [6.07, 6.45) is 0. The summed E-state index contributed by atoms with van der Waals surface area (Å²) in [5.41, 5.74) is 19.9. The van der Waals surface area contributed by atoms with Crippen molar-refractivity contribution in [2.24, 2.45) is 0 Å². The van der Waals surface area contributed by atoms with Gasteiger partial charge in [0.2, 0.25) is 0 Å². The predicted molar refractivity (Wildman–Crippen MR) is 246 cm³/mol. The molecule has 9 aromatic carbocycles. The Morgan fingerprint density at radius 2 is 0.900 bits per heavy atom. The highest BCUT2D eigenvalue weighted by atomic mass is 15.1. The third kappa shape index (κ3) is 4.49. The Balaban J connectivity index is 0.953. The summed E-state index contributed by atoms with van der Waals surface area (Å²) in [6.45, 7) is 0. The van der Waals surface area contributed by atoms with Crippen molar-refractivity contribution in [1.82, 2.24) is 14.5 Å². The number of rotatable bonds is 4. The molecule has 3 nitrogen and oxygen atoms in total. The summed E-state index contributed by atoms with van der Waals surface area (Å²) >= 11 is 0. The number of fused-ring (bicyclic) bond motifs is 15. The number of hydrogen-bond acceptors (Lipinski definition) is 2. The van der Waals surface area contributed by atoms with Crippen LogP contribution in [0.4, 0.5) is 0 Å². The average Bonchev–Trinajstić information content (AvgIpc) is 3.96. The number of pyridine rings is 1. The summed E-state index contributed by atoms with van der Waals surface area (Å²) in [4.78, 5) is 10.5. The minimum Gasteiger partial charge on any atom is -0.292 e. The van der Waals surface area contributed by atoms with Gasteiger partial charge in [-0.05, 0) is 86.0 Å². The fourth-order valence-corrected chi connectivity index (χ4v) is 10.5. The zero-order chi connectivity index (χ0) is 39.4. The monoisotopic (exact) mass is 761 g/mol. The fourth-order valence-electron chi connectivity index (χ4n) is 10.5. The molecule has 0 radical (unpaired) electrons. The van der Waals surface area contributed by atoms with Gasteiger partial charge in [-0.1, -0.05) is 182 Å². The van der Waals surface area contributed by atoms with E-state index in [2.05, 4.69) is 205 Å². The highest BCUT2D eigenvalue weighted by molar-refractivity contribution is 6.20. The predicted octanol–water partition coefficient (Wildman–Crippen LogP) is 14.1. The van der Waals surface area contributed by atoms with Crippen LogP contribution in [0.15, 0.2) is 212 Å². The smallest absolute Gasteiger partial charge is 0.145 e. The Labute approximate surface area is 347 Å². The molecule has 0 aliphatic heterocycles. The standard InChI is InChI=1S/C57H35N3/c1-2-14-39(15-3-1)56-59-51-24-12-13-25-52(51)60(56)40-32-30-37(31-33-40)36-26-28-38(29-27-36)55-45-34-35-49-54(53(45)44-19-7-11-23-50(44)58-55)43-18-6-10-22-48(43)57(49)46-20-8-4-16-41(46)42-17-5-9-21-47(42)57/h1-35H. The number of imidazole rings is 1. The van der Waals surface area contributed by atoms with Crippen LogP contribution in [0, 0.1) is 0 Å². The molecule has 0 unspecified atom stereocenters. The normalized spacial score (nSPS) is 13.1. The number of para-hydroxylation sites is 3. The molecular formula is C57H35N3. The van der Waals surface area contributed by atoms with E-state index in [-0.39, 0.29) is 0 Å². The van der Waals surface area contributed by atoms with Crippen molar-refractivity contribution in [2.75, 3.05) is 0 Å². The van der Waals surface area contributed by atoms with E-state index in [1.54, 1.807) is 0 Å². The summed E-state index contributed by atoms with van der Waals surface area (Å²) in [5.74, 6) is 0.936. The van der Waals surface area contributed by atoms with Gasteiger partial charge < -0.3 is 0 Å². The summed E-state index contributed by atoms with van der Waals surface area (Å²) in [5, 5.41) is 3.61. The van der Waals surface area contributed by atoms with Crippen LogP contribution in [0.5, 0.6) is 0 Å². The lowest BCUT2D eigenvalue weighted by Gasteiger charge is -2.30. The second-order valence-corrected chi connectivity index (χ2v) is 16.0. The Kier molecular flexibility index (Phi) is 6.93. The van der Waals surface area contributed by atoms with E-state index >= 15 is 0 Å². The summed E-state index contributed by atoms with van der Waals surface area (Å²) in [7, 11) is 0. The van der Waals surface area contributed by atoms with Gasteiger partial charge >= 0.3 is 0 Å². The van der Waals surface area contributed by atoms with Crippen LogP contribution in [0.25, 0.3) is 94.4 Å². The third-order valence-electron chi connectivity index (χ3n) is 13.0. The van der Waals surface area contributed by atoms with E-state index < -0.39 is 5.41 Å². The molecule has 1 spiro atoms. The molecule has 0 saturated carbocycles. The van der Waals surface area contributed by atoms with Gasteiger partial charge in [-0.15, -0.1) is 0 Å². The first-order valence-electron chi connectivity index (χ1n) is 20.7. The molecule has 0 atom stereocenters. The van der Waals surface area contributed by atoms with Crippen molar-refractivity contribution in [2.45, 2.75) is 5.41 Å². The van der Waals surface area contributed by atoms with Crippen molar-refractivity contribution >= 4 is 32.7 Å². The maximum atomic E-state index is 5.41. The van der Waals surface area contributed by atoms with Crippen molar-refractivity contribution in [3.05, 3.63) is 235 Å². The average molecular weight is 762 g/mol. The SMILES string of the molecule is c1ccc(-c2nc3ccccc3n2-c2ccc(-c3ccc(-c4nc5ccccc5c5c6c(ccc45)C4(c5ccccc5-c5ccccc54)c4ccccc4-6)cc3)cc2)cc1. The van der Waals surface area contributed by atoms with Gasteiger partial charge in [-0.25, -0.2) is 9.97 Å². The van der Waals surface area contributed by atoms with Crippen LogP contribution in [-0.2, 0) is 5.41 Å². The lowest BCUT2D eigenvalue weighted by atomic mass is 9.70. The molecule has 0 saturated heterocycles. The summed E-state index contributed by atoms with van der Waals surface area (Å²) in [6, 6.07) is 77.1. The van der Waals surface area contributed by atoms with Crippen LogP contribution < -0.4 is 0 Å². The molecule has 0 N–H and O–H groups in total. The van der Waals surface area contributed by atoms with Gasteiger partial charge in [-0.3, -0.25) is 4.57 Å². The Bertz CT molecular complexity index is 3480. The van der Waals surface area contributed by atoms with Gasteiger partial charge in [-0.2, -0.15) is 0 Å². The second kappa shape index (κ2) is 12.6. The first kappa shape index (κ1) is 33.1. The van der Waals surface area contributed by atoms with E-state index in [4.69, 9.17) is 9.97 Å². The molecular weight excluding hydrogens is 727 g/mol. The minimum absolute atomic E-state index is 0.400. The molecule has 2 aliphatic rings. The van der Waals surface area contributed by atoms with Gasteiger partial charge in [0.1, 0.15) is 5.82 Å². The fraction of sp³-hybridized carbons (Fsp3) is 0.0175. The minimum atomic E-state index is -0.400. The lowest BCUT2D eigenvalue weighted by molar-refractivity contribution is 0.794. The summed E-state index contributed by atoms with van der Waals surface area (Å²) < 4.78 is 2.26. The van der Waals surface area contributed by atoms with Crippen molar-refractivity contribution in [3.63, 3.8) is 0 Å². The largest absolute Gasteiger partial charge is 0.292 e. The first-order chi connectivity index (χ1) is 29.8. The van der Waals surface area contributed by atoms with Gasteiger partial charge in [0, 0.05) is 33.0 Å². The van der Waals surface area contributed by atoms with Crippen molar-refractivity contribution in [1.29, 1.82) is 0 Å². The molecule has 2 aromatic heterocycles. The van der Waals surface area contributed by atoms with E-state index in [0.717, 1.165) is 61.4 Å². The molecule has 278 valence electrons. The maximum Gasteiger partial charge on any atom is 0.145 e. The molecule has 3 heteroatoms. The zero-order valence-electron chi connectivity index (χ0n) is 32.5. The topological polar surface area (TPSA) is 30.7 Å². The molecule has 2 heterocycles. The van der Waals surface area contributed by atoms with E-state index in [0.29, 0.717) is 0 Å². The Hall–Kier alpha value is -7.88. The van der Waals surface area contributed by atoms with Gasteiger partial charge in [0.05, 0.1) is 27.7 Å². The lowest BCUT2D eigenvalue weighted by Crippen LogP contribution is -2.25. The molecule has 11 aromatic rings. The van der Waals surface area contributed by atoms with Crippen LogP contribution in [0.1, 0.15) is 22.3 Å². The van der Waals surface area contributed by atoms with Crippen LogP contribution in [0.2, 0.25) is 0 Å². The third-order valence-corrected chi connectivity index (χ3v) is 13.0. The van der Waals surface area contributed by atoms with E-state index in [1.807, 2.05) is 12.1 Å². The molecule has 2 aliphatic carbocycles. The van der Waals surface area contributed by atoms with Crippen molar-refractivity contribution in [3.8, 4) is 61.7 Å². The first-order valence-corrected chi connectivity index (χ1v) is 20.7. The van der Waals surface area contributed by atoms with Crippen molar-refractivity contribution < 1.29 is 0 Å². The Morgan fingerprint density at radius 1 is 0.350 bits per heavy atom. The zero-order valence-corrected chi connectivity index (χ0v) is 32.5. The highest BCUT2D eigenvalue weighted by Gasteiger charge is 2.52.